The lowest BCUT2D eigenvalue weighted by atomic mass is 9.77. The zero-order valence-corrected chi connectivity index (χ0v) is 20.0. The van der Waals surface area contributed by atoms with Crippen molar-refractivity contribution in [3.05, 3.63) is 34.0 Å². The van der Waals surface area contributed by atoms with E-state index in [9.17, 15) is 39.6 Å². The van der Waals surface area contributed by atoms with Crippen LogP contribution in [0.2, 0.25) is 5.02 Å². The highest BCUT2D eigenvalue weighted by Crippen LogP contribution is 2.47. The molecule has 0 bridgehead atoms. The lowest BCUT2D eigenvalue weighted by Crippen LogP contribution is -2.63. The molecule has 3 amide bonds. The number of primary amides is 1. The van der Waals surface area contributed by atoms with Crippen molar-refractivity contribution in [3.8, 4) is 11.5 Å². The lowest BCUT2D eigenvalue weighted by molar-refractivity contribution is -0.163. The van der Waals surface area contributed by atoms with Gasteiger partial charge in [-0.3, -0.25) is 19.3 Å². The monoisotopic (exact) mass is 510 g/mol. The summed E-state index contributed by atoms with van der Waals surface area (Å²) in [7, 11) is 1.59. The fourth-order valence-electron chi connectivity index (χ4n) is 4.69. The fourth-order valence-corrected chi connectivity index (χ4v) is 4.94. The number of hydrogen-bond donors (Lipinski definition) is 6. The summed E-state index contributed by atoms with van der Waals surface area (Å²) in [5, 5.41) is 40.9. The number of phenols is 2. The second-order valence-corrected chi connectivity index (χ2v) is 9.23. The van der Waals surface area contributed by atoms with Gasteiger partial charge in [-0.2, -0.15) is 0 Å². The number of aliphatic hydroxyl groups excluding tert-OH is 1. The third-order valence-corrected chi connectivity index (χ3v) is 6.82. The Morgan fingerprint density at radius 1 is 1.29 bits per heavy atom. The van der Waals surface area contributed by atoms with Crippen LogP contribution in [-0.2, 0) is 14.4 Å². The lowest BCUT2D eigenvalue weighted by Gasteiger charge is -2.46. The van der Waals surface area contributed by atoms with E-state index in [1.165, 1.54) is 17.9 Å². The topological polar surface area (TPSA) is 194 Å². The van der Waals surface area contributed by atoms with Crippen molar-refractivity contribution in [1.82, 2.24) is 15.1 Å². The Bertz CT molecular complexity index is 1120. The van der Waals surface area contributed by atoms with Crippen LogP contribution >= 0.6 is 11.6 Å². The summed E-state index contributed by atoms with van der Waals surface area (Å²) in [6.45, 7) is 3.20. The van der Waals surface area contributed by atoms with Gasteiger partial charge >= 0.3 is 5.97 Å². The fraction of sp³-hybridized carbons (Fsp3) is 0.455. The molecule has 35 heavy (non-hydrogen) atoms. The molecular formula is C22H27ClN4O8. The number of hydrogen-bond acceptors (Lipinski definition) is 8. The second kappa shape index (κ2) is 9.72. The molecule has 1 saturated heterocycles. The number of amides is 3. The number of aliphatic hydroxyl groups is 1. The predicted octanol–water partition coefficient (Wildman–Crippen LogP) is -0.537. The summed E-state index contributed by atoms with van der Waals surface area (Å²) in [6.07, 6.45) is -0.932. The zero-order chi connectivity index (χ0) is 26.4. The highest BCUT2D eigenvalue weighted by atomic mass is 35.5. The van der Waals surface area contributed by atoms with Gasteiger partial charge in [0, 0.05) is 19.0 Å². The van der Waals surface area contributed by atoms with Crippen molar-refractivity contribution < 1.29 is 39.6 Å². The number of carbonyl (C=O) groups is 4. The summed E-state index contributed by atoms with van der Waals surface area (Å²) in [5.74, 6) is -5.70. The number of β-lactam (4-membered cyclic amide) rings is 1. The van der Waals surface area contributed by atoms with Crippen LogP contribution in [0.3, 0.4) is 0 Å². The first kappa shape index (κ1) is 26.3. The van der Waals surface area contributed by atoms with Gasteiger partial charge < -0.3 is 36.4 Å². The second-order valence-electron chi connectivity index (χ2n) is 8.85. The van der Waals surface area contributed by atoms with E-state index in [1.807, 2.05) is 0 Å². The van der Waals surface area contributed by atoms with E-state index in [-0.39, 0.29) is 30.3 Å². The van der Waals surface area contributed by atoms with E-state index < -0.39 is 64.3 Å². The maximum absolute atomic E-state index is 12.6. The number of carbonyl (C=O) groups excluding carboxylic acids is 3. The van der Waals surface area contributed by atoms with Crippen molar-refractivity contribution in [3.63, 3.8) is 0 Å². The molecule has 7 N–H and O–H groups in total. The van der Waals surface area contributed by atoms with Crippen LogP contribution in [0.25, 0.3) is 0 Å². The molecule has 1 aromatic rings. The van der Waals surface area contributed by atoms with E-state index in [1.54, 1.807) is 18.9 Å². The van der Waals surface area contributed by atoms with E-state index in [0.717, 1.165) is 6.07 Å². The van der Waals surface area contributed by atoms with Gasteiger partial charge in [0.05, 0.1) is 28.6 Å². The number of aliphatic carboxylic acids is 1. The van der Waals surface area contributed by atoms with Crippen molar-refractivity contribution in [1.29, 1.82) is 0 Å². The highest BCUT2D eigenvalue weighted by molar-refractivity contribution is 6.35. The number of likely N-dealkylation sites (N-methyl/N-ethyl adjacent to an activating group) is 1. The summed E-state index contributed by atoms with van der Waals surface area (Å²) in [5.41, 5.74) is 5.55. The first-order chi connectivity index (χ1) is 16.3. The quantitative estimate of drug-likeness (QED) is 0.187. The number of carboxylic acid groups (broad SMARTS) is 1. The molecule has 13 heteroatoms. The van der Waals surface area contributed by atoms with E-state index >= 15 is 0 Å². The van der Waals surface area contributed by atoms with E-state index in [0.29, 0.717) is 5.57 Å². The van der Waals surface area contributed by atoms with E-state index in [2.05, 4.69) is 5.32 Å². The molecule has 0 aromatic heterocycles. The number of carboxylic acids is 1. The Hall–Kier alpha value is -3.35. The molecular weight excluding hydrogens is 484 g/mol. The van der Waals surface area contributed by atoms with Crippen LogP contribution in [0.4, 0.5) is 0 Å². The Morgan fingerprint density at radius 3 is 2.46 bits per heavy atom. The molecule has 2 heterocycles. The first-order valence-corrected chi connectivity index (χ1v) is 11.1. The summed E-state index contributed by atoms with van der Waals surface area (Å²) >= 11 is 5.91. The zero-order valence-electron chi connectivity index (χ0n) is 19.2. The van der Waals surface area contributed by atoms with Gasteiger partial charge in [-0.1, -0.05) is 18.5 Å². The minimum atomic E-state index is -1.28. The number of fused-ring (bicyclic) bond motifs is 1. The average Bonchev–Trinajstić information content (AvgIpc) is 2.99. The number of aromatic hydroxyl groups is 2. The van der Waals surface area contributed by atoms with Gasteiger partial charge in [0.2, 0.25) is 11.8 Å². The van der Waals surface area contributed by atoms with Crippen molar-refractivity contribution in [2.24, 2.45) is 17.6 Å². The molecule has 1 aromatic carbocycles. The first-order valence-electron chi connectivity index (χ1n) is 10.7. The maximum Gasteiger partial charge on any atom is 0.352 e. The number of nitrogens with zero attached hydrogens (tertiary/aromatic N) is 2. The van der Waals surface area contributed by atoms with Crippen molar-refractivity contribution in [2.75, 3.05) is 20.1 Å². The SMILES string of the molecule is CC1C(CN(C)CC(NC(=O)c2ccc(O)c(O)c2Cl)C(N)=O)=C(C(=O)O)N2C(=O)C([C@@H](C)O)[C@@H]12. The van der Waals surface area contributed by atoms with E-state index in [4.69, 9.17) is 17.3 Å². The van der Waals surface area contributed by atoms with Gasteiger partial charge in [-0.25, -0.2) is 4.79 Å². The van der Waals surface area contributed by atoms with Crippen LogP contribution in [0.1, 0.15) is 24.2 Å². The molecule has 3 unspecified atom stereocenters. The number of nitrogens with two attached hydrogens (primary N) is 1. The molecule has 2 aliphatic rings. The number of benzene rings is 1. The highest BCUT2D eigenvalue weighted by Gasteiger charge is 2.59. The Kier molecular flexibility index (Phi) is 7.29. The third-order valence-electron chi connectivity index (χ3n) is 6.44. The molecule has 2 aliphatic heterocycles. The average molecular weight is 511 g/mol. The molecule has 0 aliphatic carbocycles. The minimum absolute atomic E-state index is 0.0516. The summed E-state index contributed by atoms with van der Waals surface area (Å²) in [4.78, 5) is 51.9. The van der Waals surface area contributed by atoms with Crippen LogP contribution in [0, 0.1) is 11.8 Å². The van der Waals surface area contributed by atoms with Gasteiger partial charge in [-0.05, 0) is 31.7 Å². The van der Waals surface area contributed by atoms with Crippen LogP contribution in [0.5, 0.6) is 11.5 Å². The number of halogens is 1. The molecule has 1 fully saturated rings. The normalized spacial score (nSPS) is 23.1. The van der Waals surface area contributed by atoms with Crippen molar-refractivity contribution >= 4 is 35.3 Å². The summed E-state index contributed by atoms with van der Waals surface area (Å²) < 4.78 is 0. The molecule has 0 radical (unpaired) electrons. The molecule has 3 rings (SSSR count). The van der Waals surface area contributed by atoms with Crippen LogP contribution in [-0.4, -0.2) is 92.2 Å². The summed E-state index contributed by atoms with van der Waals surface area (Å²) in [6, 6.07) is 0.536. The van der Waals surface area contributed by atoms with Gasteiger partial charge in [0.1, 0.15) is 11.7 Å². The van der Waals surface area contributed by atoms with Crippen LogP contribution in [0.15, 0.2) is 23.4 Å². The van der Waals surface area contributed by atoms with Crippen LogP contribution < -0.4 is 11.1 Å². The van der Waals surface area contributed by atoms with Gasteiger partial charge in [0.15, 0.2) is 11.5 Å². The van der Waals surface area contributed by atoms with Gasteiger partial charge in [0.25, 0.3) is 5.91 Å². The number of phenolic OH excluding ortho intramolecular Hbond substituents is 2. The predicted molar refractivity (Wildman–Crippen MR) is 122 cm³/mol. The standard InChI is InChI=1S/C22H27ClN4O8/c1-8-11(17(22(34)35)27-16(8)14(9(2)28)21(27)33)6-26(3)7-12(19(24)31)25-20(32)10-4-5-13(29)18(30)15(10)23/h4-5,8-9,12,14,16,28-30H,6-7H2,1-3H3,(H2,24,31)(H,25,32)(H,34,35)/t8?,9-,12?,14?,16-/m1/s1. The Labute approximate surface area is 205 Å². The van der Waals surface area contributed by atoms with Gasteiger partial charge in [-0.15, -0.1) is 0 Å². The number of rotatable bonds is 9. The smallest absolute Gasteiger partial charge is 0.352 e. The molecule has 190 valence electrons. The molecule has 0 spiro atoms. The molecule has 5 atom stereocenters. The Balaban J connectivity index is 1.77. The largest absolute Gasteiger partial charge is 0.504 e. The molecule has 12 nitrogen and oxygen atoms in total. The number of nitrogens with one attached hydrogen (secondary N) is 1. The molecule has 0 saturated carbocycles. The Morgan fingerprint density at radius 2 is 1.91 bits per heavy atom. The maximum atomic E-state index is 12.6. The van der Waals surface area contributed by atoms with Crippen molar-refractivity contribution in [2.45, 2.75) is 32.0 Å². The minimum Gasteiger partial charge on any atom is -0.504 e. The third kappa shape index (κ3) is 4.64.